The number of benzene rings is 1. The lowest BCUT2D eigenvalue weighted by Crippen LogP contribution is -2.11. The normalized spacial score (nSPS) is 11.1. The molecular formula is C19H20FN3OS2. The van der Waals surface area contributed by atoms with E-state index in [1.807, 2.05) is 6.92 Å². The van der Waals surface area contributed by atoms with Crippen molar-refractivity contribution in [2.24, 2.45) is 5.92 Å². The molecule has 4 nitrogen and oxygen atoms in total. The number of rotatable bonds is 6. The lowest BCUT2D eigenvalue weighted by Gasteiger charge is -2.00. The largest absolute Gasteiger partial charge is 0.297 e. The molecule has 0 radical (unpaired) electrons. The summed E-state index contributed by atoms with van der Waals surface area (Å²) in [5.41, 5.74) is 1.76. The molecule has 136 valence electrons. The van der Waals surface area contributed by atoms with E-state index in [2.05, 4.69) is 29.1 Å². The fraction of sp³-hybridized carbons (Fsp3) is 0.316. The summed E-state index contributed by atoms with van der Waals surface area (Å²) in [6.45, 7) is 6.13. The zero-order valence-electron chi connectivity index (χ0n) is 14.9. The highest BCUT2D eigenvalue weighted by atomic mass is 32.1. The SMILES string of the molecule is Cc1nc(CC(C)C)sc1C(=O)Nc1ncc(Cc2ccc(F)cc2)s1. The van der Waals surface area contributed by atoms with Crippen LogP contribution in [0, 0.1) is 18.7 Å². The van der Waals surface area contributed by atoms with Crippen LogP contribution in [0.15, 0.2) is 30.5 Å². The van der Waals surface area contributed by atoms with Crippen LogP contribution in [0.5, 0.6) is 0 Å². The van der Waals surface area contributed by atoms with Crippen LogP contribution in [0.4, 0.5) is 9.52 Å². The number of nitrogens with one attached hydrogen (secondary N) is 1. The second-order valence-electron chi connectivity index (χ2n) is 6.51. The first-order valence-electron chi connectivity index (χ1n) is 8.37. The van der Waals surface area contributed by atoms with Crippen molar-refractivity contribution in [3.63, 3.8) is 0 Å². The molecule has 3 rings (SSSR count). The Balaban J connectivity index is 1.66. The zero-order chi connectivity index (χ0) is 18.7. The summed E-state index contributed by atoms with van der Waals surface area (Å²) >= 11 is 2.87. The molecule has 26 heavy (non-hydrogen) atoms. The molecule has 3 aromatic rings. The number of hydrogen-bond donors (Lipinski definition) is 1. The molecule has 0 aliphatic rings. The minimum absolute atomic E-state index is 0.169. The minimum Gasteiger partial charge on any atom is -0.297 e. The second kappa shape index (κ2) is 8.05. The van der Waals surface area contributed by atoms with Gasteiger partial charge < -0.3 is 0 Å². The third kappa shape index (κ3) is 4.74. The van der Waals surface area contributed by atoms with Gasteiger partial charge in [-0.1, -0.05) is 26.0 Å². The monoisotopic (exact) mass is 389 g/mol. The van der Waals surface area contributed by atoms with Gasteiger partial charge in [0.25, 0.3) is 5.91 Å². The minimum atomic E-state index is -0.247. The highest BCUT2D eigenvalue weighted by Crippen LogP contribution is 2.25. The average molecular weight is 390 g/mol. The lowest BCUT2D eigenvalue weighted by molar-refractivity contribution is 0.103. The fourth-order valence-electron chi connectivity index (χ4n) is 2.50. The molecule has 0 fully saturated rings. The third-order valence-corrected chi connectivity index (χ3v) is 5.79. The second-order valence-corrected chi connectivity index (χ2v) is 8.71. The van der Waals surface area contributed by atoms with Gasteiger partial charge in [-0.2, -0.15) is 0 Å². The van der Waals surface area contributed by atoms with Crippen molar-refractivity contribution in [2.75, 3.05) is 5.32 Å². The van der Waals surface area contributed by atoms with E-state index in [-0.39, 0.29) is 11.7 Å². The Morgan fingerprint density at radius 2 is 1.96 bits per heavy atom. The van der Waals surface area contributed by atoms with Crippen LogP contribution in [-0.4, -0.2) is 15.9 Å². The number of carbonyl (C=O) groups excluding carboxylic acids is 1. The van der Waals surface area contributed by atoms with Crippen molar-refractivity contribution >= 4 is 33.7 Å². The summed E-state index contributed by atoms with van der Waals surface area (Å²) in [4.78, 5) is 22.9. The van der Waals surface area contributed by atoms with Gasteiger partial charge in [-0.25, -0.2) is 14.4 Å². The predicted molar refractivity (Wildman–Crippen MR) is 105 cm³/mol. The predicted octanol–water partition coefficient (Wildman–Crippen LogP) is 5.09. The fourth-order valence-corrected chi connectivity index (χ4v) is 4.52. The zero-order valence-corrected chi connectivity index (χ0v) is 16.5. The van der Waals surface area contributed by atoms with Gasteiger partial charge in [0.05, 0.1) is 10.7 Å². The van der Waals surface area contributed by atoms with Crippen molar-refractivity contribution in [3.8, 4) is 0 Å². The highest BCUT2D eigenvalue weighted by molar-refractivity contribution is 7.16. The summed E-state index contributed by atoms with van der Waals surface area (Å²) < 4.78 is 13.0. The van der Waals surface area contributed by atoms with E-state index < -0.39 is 0 Å². The van der Waals surface area contributed by atoms with E-state index in [9.17, 15) is 9.18 Å². The smallest absolute Gasteiger partial charge is 0.269 e. The van der Waals surface area contributed by atoms with Crippen molar-refractivity contribution in [3.05, 3.63) is 62.3 Å². The van der Waals surface area contributed by atoms with Crippen LogP contribution < -0.4 is 5.32 Å². The molecule has 1 aromatic carbocycles. The average Bonchev–Trinajstić information content (AvgIpc) is 3.15. The molecule has 0 unspecified atom stereocenters. The van der Waals surface area contributed by atoms with Gasteiger partial charge in [0.2, 0.25) is 0 Å². The summed E-state index contributed by atoms with van der Waals surface area (Å²) in [7, 11) is 0. The maximum absolute atomic E-state index is 13.0. The molecular weight excluding hydrogens is 369 g/mol. The molecule has 0 aliphatic carbocycles. The van der Waals surface area contributed by atoms with Crippen LogP contribution in [-0.2, 0) is 12.8 Å². The number of anilines is 1. The van der Waals surface area contributed by atoms with Gasteiger partial charge >= 0.3 is 0 Å². The molecule has 0 aliphatic heterocycles. The summed E-state index contributed by atoms with van der Waals surface area (Å²) in [5.74, 6) is 0.0879. The molecule has 0 saturated carbocycles. The Morgan fingerprint density at radius 3 is 2.65 bits per heavy atom. The van der Waals surface area contributed by atoms with Gasteiger partial charge in [0, 0.05) is 23.9 Å². The Labute approximate surface area is 160 Å². The van der Waals surface area contributed by atoms with E-state index in [1.165, 1.54) is 34.8 Å². The molecule has 1 amide bonds. The van der Waals surface area contributed by atoms with Crippen LogP contribution in [0.3, 0.4) is 0 Å². The quantitative estimate of drug-likeness (QED) is 0.639. The van der Waals surface area contributed by atoms with Crippen molar-refractivity contribution < 1.29 is 9.18 Å². The Hall–Kier alpha value is -2.12. The topological polar surface area (TPSA) is 54.9 Å². The van der Waals surface area contributed by atoms with Gasteiger partial charge in [-0.3, -0.25) is 10.1 Å². The van der Waals surface area contributed by atoms with E-state index in [0.717, 1.165) is 27.6 Å². The summed E-state index contributed by atoms with van der Waals surface area (Å²) in [6, 6.07) is 6.40. The number of nitrogens with zero attached hydrogens (tertiary/aromatic N) is 2. The van der Waals surface area contributed by atoms with Crippen molar-refractivity contribution in [1.82, 2.24) is 9.97 Å². The van der Waals surface area contributed by atoms with Gasteiger partial charge in [-0.15, -0.1) is 22.7 Å². The van der Waals surface area contributed by atoms with Crippen LogP contribution >= 0.6 is 22.7 Å². The lowest BCUT2D eigenvalue weighted by atomic mass is 10.1. The molecule has 2 aromatic heterocycles. The number of aryl methyl sites for hydroxylation is 1. The Kier molecular flexibility index (Phi) is 5.78. The van der Waals surface area contributed by atoms with Crippen LogP contribution in [0.1, 0.15) is 44.7 Å². The maximum atomic E-state index is 13.0. The van der Waals surface area contributed by atoms with E-state index in [4.69, 9.17) is 0 Å². The highest BCUT2D eigenvalue weighted by Gasteiger charge is 2.17. The number of halogens is 1. The van der Waals surface area contributed by atoms with E-state index in [1.54, 1.807) is 18.3 Å². The van der Waals surface area contributed by atoms with Crippen LogP contribution in [0.25, 0.3) is 0 Å². The molecule has 1 N–H and O–H groups in total. The Bertz CT molecular complexity index is 900. The number of amides is 1. The number of hydrogen-bond acceptors (Lipinski definition) is 5. The van der Waals surface area contributed by atoms with Crippen LogP contribution in [0.2, 0.25) is 0 Å². The number of aromatic nitrogens is 2. The first kappa shape index (κ1) is 18.7. The van der Waals surface area contributed by atoms with Gasteiger partial charge in [0.1, 0.15) is 10.7 Å². The third-order valence-electron chi connectivity index (χ3n) is 3.70. The standard InChI is InChI=1S/C19H20FN3OS2/c1-11(2)8-16-22-12(3)17(26-16)18(24)23-19-21-10-15(25-19)9-13-4-6-14(20)7-5-13/h4-7,10-11H,8-9H2,1-3H3,(H,21,23,24). The molecule has 2 heterocycles. The first-order valence-corrected chi connectivity index (χ1v) is 10.0. The summed E-state index contributed by atoms with van der Waals surface area (Å²) in [6.07, 6.45) is 3.27. The number of thiazole rings is 2. The first-order chi connectivity index (χ1) is 12.4. The van der Waals surface area contributed by atoms with Crippen molar-refractivity contribution in [1.29, 1.82) is 0 Å². The molecule has 0 saturated heterocycles. The molecule has 0 bridgehead atoms. The maximum Gasteiger partial charge on any atom is 0.269 e. The molecule has 0 atom stereocenters. The van der Waals surface area contributed by atoms with E-state index in [0.29, 0.717) is 22.3 Å². The molecule has 7 heteroatoms. The summed E-state index contributed by atoms with van der Waals surface area (Å²) in [5, 5.41) is 4.41. The number of carbonyl (C=O) groups is 1. The van der Waals surface area contributed by atoms with E-state index >= 15 is 0 Å². The molecule has 0 spiro atoms. The van der Waals surface area contributed by atoms with Gasteiger partial charge in [-0.05, 0) is 30.5 Å². The van der Waals surface area contributed by atoms with Gasteiger partial charge in [0.15, 0.2) is 5.13 Å². The Morgan fingerprint density at radius 1 is 1.23 bits per heavy atom. The van der Waals surface area contributed by atoms with Crippen molar-refractivity contribution in [2.45, 2.75) is 33.6 Å².